The van der Waals surface area contributed by atoms with Gasteiger partial charge in [-0.1, -0.05) is 194 Å². The molecule has 0 amide bonds. The van der Waals surface area contributed by atoms with Crippen molar-refractivity contribution in [1.82, 2.24) is 9.97 Å². The van der Waals surface area contributed by atoms with E-state index in [4.69, 9.17) is 9.97 Å². The highest BCUT2D eigenvalue weighted by Gasteiger charge is 2.59. The van der Waals surface area contributed by atoms with Gasteiger partial charge >= 0.3 is 0 Å². The first-order chi connectivity index (χ1) is 28.8. The Hall–Kier alpha value is -7.16. The van der Waals surface area contributed by atoms with Crippen LogP contribution in [0.25, 0.3) is 44.3 Å². The average molecular weight is 739 g/mol. The van der Waals surface area contributed by atoms with Crippen LogP contribution in [0.4, 0.5) is 0 Å². The van der Waals surface area contributed by atoms with Crippen LogP contribution in [-0.4, -0.2) is 9.97 Å². The average Bonchev–Trinajstić information content (AvgIpc) is 3.61. The van der Waals surface area contributed by atoms with Crippen molar-refractivity contribution in [3.05, 3.63) is 262 Å². The van der Waals surface area contributed by atoms with E-state index in [0.717, 1.165) is 40.0 Å². The van der Waals surface area contributed by atoms with Crippen LogP contribution in [0, 0.1) is 0 Å². The summed E-state index contributed by atoms with van der Waals surface area (Å²) in [4.78, 5) is 10.7. The van der Waals surface area contributed by atoms with E-state index in [0.29, 0.717) is 5.92 Å². The molecule has 2 nitrogen and oxygen atoms in total. The predicted molar refractivity (Wildman–Crippen MR) is 237 cm³/mol. The van der Waals surface area contributed by atoms with Gasteiger partial charge in [0.1, 0.15) is 0 Å². The van der Waals surface area contributed by atoms with Crippen LogP contribution in [0.2, 0.25) is 0 Å². The maximum absolute atomic E-state index is 5.43. The van der Waals surface area contributed by atoms with Crippen molar-refractivity contribution in [3.63, 3.8) is 0 Å². The van der Waals surface area contributed by atoms with Crippen LogP contribution in [0.5, 0.6) is 0 Å². The largest absolute Gasteiger partial charge is 0.228 e. The van der Waals surface area contributed by atoms with Crippen molar-refractivity contribution in [3.8, 4) is 22.6 Å². The quantitative estimate of drug-likeness (QED) is 0.176. The molecule has 9 aromatic rings. The first kappa shape index (κ1) is 33.0. The molecule has 2 unspecified atom stereocenters. The SMILES string of the molecule is C1=CCC2C(=C1)[C@@]1(c3ccccc3)c3ccccc3C(c3ccccc3)(c3cccc(-c4nc(-c5ccc6ccccc6c5)c5ccccc5n4)c3)c3cccc2c31. The van der Waals surface area contributed by atoms with Crippen LogP contribution in [0.3, 0.4) is 0 Å². The normalized spacial score (nSPS) is 20.0. The molecule has 58 heavy (non-hydrogen) atoms. The number of nitrogens with zero attached hydrogens (tertiary/aromatic N) is 2. The minimum absolute atomic E-state index is 0.297. The third-order valence-electron chi connectivity index (χ3n) is 13.2. The molecule has 0 N–H and O–H groups in total. The molecule has 272 valence electrons. The first-order valence-corrected chi connectivity index (χ1v) is 20.4. The van der Waals surface area contributed by atoms with Gasteiger partial charge in [-0.3, -0.25) is 0 Å². The second kappa shape index (κ2) is 12.7. The molecule has 2 heteroatoms. The van der Waals surface area contributed by atoms with E-state index < -0.39 is 10.8 Å². The molecule has 3 atom stereocenters. The Labute approximate surface area is 338 Å². The second-order valence-electron chi connectivity index (χ2n) is 15.9. The van der Waals surface area contributed by atoms with Crippen molar-refractivity contribution in [1.29, 1.82) is 0 Å². The van der Waals surface area contributed by atoms with Gasteiger partial charge in [-0.05, 0) is 85.5 Å². The molecule has 1 aromatic heterocycles. The van der Waals surface area contributed by atoms with Gasteiger partial charge in [0.2, 0.25) is 0 Å². The van der Waals surface area contributed by atoms with Crippen molar-refractivity contribution in [2.24, 2.45) is 0 Å². The predicted octanol–water partition coefficient (Wildman–Crippen LogP) is 13.1. The van der Waals surface area contributed by atoms with E-state index in [9.17, 15) is 0 Å². The summed E-state index contributed by atoms with van der Waals surface area (Å²) in [5, 5.41) is 3.45. The molecule has 0 bridgehead atoms. The Morgan fingerprint density at radius 2 is 1.12 bits per heavy atom. The number of hydrogen-bond donors (Lipinski definition) is 0. The number of aromatic nitrogens is 2. The molecule has 0 spiro atoms. The lowest BCUT2D eigenvalue weighted by molar-refractivity contribution is 0.611. The Morgan fingerprint density at radius 3 is 1.95 bits per heavy atom. The molecule has 8 aromatic carbocycles. The molecule has 3 aliphatic rings. The van der Waals surface area contributed by atoms with Gasteiger partial charge in [-0.15, -0.1) is 0 Å². The van der Waals surface area contributed by atoms with Crippen LogP contribution >= 0.6 is 0 Å². The van der Waals surface area contributed by atoms with E-state index in [1.165, 1.54) is 60.9 Å². The smallest absolute Gasteiger partial charge is 0.160 e. The highest BCUT2D eigenvalue weighted by atomic mass is 14.9. The summed E-state index contributed by atoms with van der Waals surface area (Å²) < 4.78 is 0. The molecular weight excluding hydrogens is 701 g/mol. The van der Waals surface area contributed by atoms with Crippen LogP contribution in [-0.2, 0) is 10.8 Å². The maximum Gasteiger partial charge on any atom is 0.160 e. The molecular formula is C56H38N2. The minimum Gasteiger partial charge on any atom is -0.228 e. The molecule has 0 fully saturated rings. The Kier molecular flexibility index (Phi) is 7.22. The Bertz CT molecular complexity index is 3160. The third kappa shape index (κ3) is 4.49. The number of hydrogen-bond acceptors (Lipinski definition) is 2. The van der Waals surface area contributed by atoms with Crippen LogP contribution in [0.1, 0.15) is 56.8 Å². The molecule has 0 saturated carbocycles. The lowest BCUT2D eigenvalue weighted by Gasteiger charge is -2.50. The van der Waals surface area contributed by atoms with Crippen molar-refractivity contribution in [2.45, 2.75) is 23.2 Å². The van der Waals surface area contributed by atoms with E-state index in [-0.39, 0.29) is 0 Å². The van der Waals surface area contributed by atoms with Gasteiger partial charge < -0.3 is 0 Å². The van der Waals surface area contributed by atoms with Gasteiger partial charge in [-0.25, -0.2) is 9.97 Å². The van der Waals surface area contributed by atoms with Gasteiger partial charge in [0.05, 0.1) is 22.0 Å². The maximum atomic E-state index is 5.43. The highest BCUT2D eigenvalue weighted by Crippen LogP contribution is 2.67. The standard InChI is InChI=1S/C56H38N2/c1-3-20-41(21-4-1)55(43-24-15-19-40(36-43)54-57-51-32-14-10-26-46(51)53(58-54)39-34-33-37-17-7-8-18-38(37)35-39)48-29-12-13-30-49(48)56(42-22-5-2-6-23-42)47-28-11-9-25-44(47)45-27-16-31-50(55)52(45)56/h1-24,26-36,44H,25H2/t44?,55?,56-/m0/s1. The van der Waals surface area contributed by atoms with Gasteiger partial charge in [-0.2, -0.15) is 0 Å². The molecule has 1 heterocycles. The molecule has 0 radical (unpaired) electrons. The van der Waals surface area contributed by atoms with E-state index >= 15 is 0 Å². The third-order valence-corrected chi connectivity index (χ3v) is 13.2. The summed E-state index contributed by atoms with van der Waals surface area (Å²) in [5.74, 6) is 1.01. The van der Waals surface area contributed by atoms with Crippen molar-refractivity contribution in [2.75, 3.05) is 0 Å². The fourth-order valence-corrected chi connectivity index (χ4v) is 10.9. The number of fused-ring (bicyclic) bond motifs is 7. The summed E-state index contributed by atoms with van der Waals surface area (Å²) in [6, 6.07) is 71.5. The lowest BCUT2D eigenvalue weighted by Crippen LogP contribution is -2.44. The number of allylic oxidation sites excluding steroid dienone is 4. The monoisotopic (exact) mass is 738 g/mol. The lowest BCUT2D eigenvalue weighted by atomic mass is 9.51. The number of rotatable bonds is 5. The minimum atomic E-state index is -0.628. The van der Waals surface area contributed by atoms with E-state index in [1.54, 1.807) is 0 Å². The second-order valence-corrected chi connectivity index (χ2v) is 15.9. The summed E-state index contributed by atoms with van der Waals surface area (Å²) in [6.07, 6.45) is 8.04. The summed E-state index contributed by atoms with van der Waals surface area (Å²) in [7, 11) is 0. The summed E-state index contributed by atoms with van der Waals surface area (Å²) >= 11 is 0. The molecule has 0 aliphatic heterocycles. The summed E-state index contributed by atoms with van der Waals surface area (Å²) in [6.45, 7) is 0. The summed E-state index contributed by atoms with van der Waals surface area (Å²) in [5.41, 5.74) is 15.0. The van der Waals surface area contributed by atoms with E-state index in [2.05, 4.69) is 212 Å². The van der Waals surface area contributed by atoms with Crippen molar-refractivity contribution < 1.29 is 0 Å². The van der Waals surface area contributed by atoms with Gasteiger partial charge in [0.15, 0.2) is 5.82 Å². The van der Waals surface area contributed by atoms with Gasteiger partial charge in [0, 0.05) is 22.4 Å². The number of para-hydroxylation sites is 1. The Balaban J connectivity index is 1.15. The zero-order valence-electron chi connectivity index (χ0n) is 31.9. The fourth-order valence-electron chi connectivity index (χ4n) is 10.9. The Morgan fingerprint density at radius 1 is 0.466 bits per heavy atom. The van der Waals surface area contributed by atoms with Crippen LogP contribution < -0.4 is 0 Å². The number of benzene rings is 8. The highest BCUT2D eigenvalue weighted by molar-refractivity contribution is 5.96. The van der Waals surface area contributed by atoms with E-state index in [1.807, 2.05) is 0 Å². The van der Waals surface area contributed by atoms with Crippen LogP contribution in [0.15, 0.2) is 218 Å². The zero-order valence-corrected chi connectivity index (χ0v) is 31.9. The molecule has 0 saturated heterocycles. The topological polar surface area (TPSA) is 25.8 Å². The molecule has 12 rings (SSSR count). The first-order valence-electron chi connectivity index (χ1n) is 20.4. The zero-order chi connectivity index (χ0) is 38.3. The van der Waals surface area contributed by atoms with Gasteiger partial charge in [0.25, 0.3) is 0 Å². The molecule has 3 aliphatic carbocycles. The van der Waals surface area contributed by atoms with Crippen molar-refractivity contribution >= 4 is 21.7 Å². The fraction of sp³-hybridized carbons (Fsp3) is 0.0714.